The summed E-state index contributed by atoms with van der Waals surface area (Å²) in [5, 5.41) is 8.97. The van der Waals surface area contributed by atoms with Gasteiger partial charge in [0.05, 0.1) is 23.0 Å². The quantitative estimate of drug-likeness (QED) is 0.463. The molecule has 1 unspecified atom stereocenters. The minimum Gasteiger partial charge on any atom is -0.366 e. The van der Waals surface area contributed by atoms with E-state index in [-0.39, 0.29) is 6.04 Å². The molecule has 2 heterocycles. The first-order valence-electron chi connectivity index (χ1n) is 10.2. The van der Waals surface area contributed by atoms with Crippen LogP contribution in [-0.2, 0) is 6.54 Å². The average molecular weight is 415 g/mol. The molecule has 0 spiro atoms. The Labute approximate surface area is 181 Å². The van der Waals surface area contributed by atoms with E-state index in [1.54, 1.807) is 10.7 Å². The van der Waals surface area contributed by atoms with Crippen LogP contribution in [0.1, 0.15) is 27.7 Å². The number of primary amides is 1. The van der Waals surface area contributed by atoms with E-state index in [2.05, 4.69) is 52.6 Å². The zero-order valence-electron chi connectivity index (χ0n) is 17.7. The number of nitrogens with one attached hydrogen (secondary N) is 1. The first kappa shape index (κ1) is 20.7. The lowest BCUT2D eigenvalue weighted by Gasteiger charge is -2.24. The lowest BCUT2D eigenvalue weighted by atomic mass is 10.1. The largest absolute Gasteiger partial charge is 0.366 e. The SMILES string of the molecule is CN(C)C(CNCc1ccc(-n2cc3cccc(C(N)=O)c3n2)cc1)c1ccccn1. The molecule has 0 aliphatic heterocycles. The molecule has 0 radical (unpaired) electrons. The van der Waals surface area contributed by atoms with Gasteiger partial charge in [-0.2, -0.15) is 5.10 Å². The summed E-state index contributed by atoms with van der Waals surface area (Å²) in [5.74, 6) is -0.473. The fraction of sp³-hybridized carbons (Fsp3) is 0.208. The van der Waals surface area contributed by atoms with Crippen LogP contribution in [0.2, 0.25) is 0 Å². The molecule has 158 valence electrons. The molecule has 7 nitrogen and oxygen atoms in total. The second-order valence-corrected chi connectivity index (χ2v) is 7.71. The van der Waals surface area contributed by atoms with Gasteiger partial charge in [0.1, 0.15) is 5.52 Å². The normalized spacial score (nSPS) is 12.4. The van der Waals surface area contributed by atoms with Gasteiger partial charge < -0.3 is 11.1 Å². The van der Waals surface area contributed by atoms with Crippen LogP contribution >= 0.6 is 0 Å². The first-order chi connectivity index (χ1) is 15.0. The van der Waals surface area contributed by atoms with E-state index in [1.807, 2.05) is 48.8 Å². The van der Waals surface area contributed by atoms with Crippen LogP contribution in [0, 0.1) is 0 Å². The second kappa shape index (κ2) is 9.07. The first-order valence-corrected chi connectivity index (χ1v) is 10.2. The predicted molar refractivity (Wildman–Crippen MR) is 122 cm³/mol. The third-order valence-corrected chi connectivity index (χ3v) is 5.32. The Balaban J connectivity index is 1.43. The summed E-state index contributed by atoms with van der Waals surface area (Å²) in [4.78, 5) is 18.3. The summed E-state index contributed by atoms with van der Waals surface area (Å²) >= 11 is 0. The Hall–Kier alpha value is -3.55. The number of amides is 1. The van der Waals surface area contributed by atoms with Crippen LogP contribution in [0.3, 0.4) is 0 Å². The van der Waals surface area contributed by atoms with Crippen LogP contribution < -0.4 is 11.1 Å². The molecule has 0 bridgehead atoms. The number of hydrogen-bond donors (Lipinski definition) is 2. The minimum absolute atomic E-state index is 0.205. The van der Waals surface area contributed by atoms with Gasteiger partial charge in [0.15, 0.2) is 0 Å². The summed E-state index contributed by atoms with van der Waals surface area (Å²) in [6.45, 7) is 1.55. The van der Waals surface area contributed by atoms with E-state index in [4.69, 9.17) is 5.73 Å². The maximum Gasteiger partial charge on any atom is 0.250 e. The van der Waals surface area contributed by atoms with Gasteiger partial charge in [-0.05, 0) is 50.0 Å². The Kier molecular flexibility index (Phi) is 6.06. The molecule has 4 rings (SSSR count). The highest BCUT2D eigenvalue weighted by molar-refractivity contribution is 6.04. The van der Waals surface area contributed by atoms with Gasteiger partial charge in [0, 0.05) is 30.9 Å². The Morgan fingerprint density at radius 1 is 1.10 bits per heavy atom. The molecule has 0 aliphatic carbocycles. The monoisotopic (exact) mass is 414 g/mol. The van der Waals surface area contributed by atoms with Gasteiger partial charge in [-0.15, -0.1) is 0 Å². The summed E-state index contributed by atoms with van der Waals surface area (Å²) < 4.78 is 1.78. The molecule has 2 aromatic heterocycles. The van der Waals surface area contributed by atoms with Crippen LogP contribution in [-0.4, -0.2) is 46.2 Å². The molecule has 0 saturated carbocycles. The maximum absolute atomic E-state index is 11.6. The fourth-order valence-electron chi connectivity index (χ4n) is 3.62. The zero-order chi connectivity index (χ0) is 21.8. The third-order valence-electron chi connectivity index (χ3n) is 5.32. The number of hydrogen-bond acceptors (Lipinski definition) is 5. The molecule has 0 fully saturated rings. The molecule has 7 heteroatoms. The van der Waals surface area contributed by atoms with Crippen LogP contribution in [0.4, 0.5) is 0 Å². The van der Waals surface area contributed by atoms with Gasteiger partial charge in [-0.3, -0.25) is 14.7 Å². The number of carbonyl (C=O) groups is 1. The molecule has 4 aromatic rings. The molecule has 31 heavy (non-hydrogen) atoms. The van der Waals surface area contributed by atoms with Crippen LogP contribution in [0.25, 0.3) is 16.6 Å². The number of aromatic nitrogens is 3. The molecule has 3 N–H and O–H groups in total. The summed E-state index contributed by atoms with van der Waals surface area (Å²) in [5.41, 5.74) is 9.67. The minimum atomic E-state index is -0.473. The summed E-state index contributed by atoms with van der Waals surface area (Å²) in [7, 11) is 4.13. The number of carbonyl (C=O) groups excluding carboxylic acids is 1. The Bertz CT molecular complexity index is 1170. The molecular formula is C24H26N6O. The standard InChI is InChI=1S/C24H26N6O/c1-29(2)22(21-8-3-4-13-27-21)15-26-14-17-9-11-19(12-10-17)30-16-18-6-5-7-20(24(25)31)23(18)28-30/h3-13,16,22,26H,14-15H2,1-2H3,(H2,25,31). The summed E-state index contributed by atoms with van der Waals surface area (Å²) in [6, 6.07) is 19.8. The van der Waals surface area contributed by atoms with E-state index in [1.165, 1.54) is 5.56 Å². The molecule has 0 saturated heterocycles. The topological polar surface area (TPSA) is 89.1 Å². The van der Waals surface area contributed by atoms with Crippen molar-refractivity contribution in [2.24, 2.45) is 5.73 Å². The van der Waals surface area contributed by atoms with Crippen molar-refractivity contribution in [2.45, 2.75) is 12.6 Å². The molecule has 1 atom stereocenters. The number of likely N-dealkylation sites (N-methyl/N-ethyl adjacent to an activating group) is 1. The Morgan fingerprint density at radius 2 is 1.90 bits per heavy atom. The van der Waals surface area contributed by atoms with Crippen molar-refractivity contribution >= 4 is 16.8 Å². The van der Waals surface area contributed by atoms with E-state index < -0.39 is 5.91 Å². The highest BCUT2D eigenvalue weighted by Gasteiger charge is 2.15. The van der Waals surface area contributed by atoms with Gasteiger partial charge in [-0.25, -0.2) is 4.68 Å². The smallest absolute Gasteiger partial charge is 0.250 e. The predicted octanol–water partition coefficient (Wildman–Crippen LogP) is 2.91. The highest BCUT2D eigenvalue weighted by atomic mass is 16.1. The zero-order valence-corrected chi connectivity index (χ0v) is 17.7. The van der Waals surface area contributed by atoms with E-state index >= 15 is 0 Å². The second-order valence-electron chi connectivity index (χ2n) is 7.71. The maximum atomic E-state index is 11.6. The summed E-state index contributed by atoms with van der Waals surface area (Å²) in [6.07, 6.45) is 3.74. The number of fused-ring (bicyclic) bond motifs is 1. The van der Waals surface area contributed by atoms with Gasteiger partial charge in [-0.1, -0.05) is 30.3 Å². The average Bonchev–Trinajstić information content (AvgIpc) is 3.21. The molecule has 1 amide bonds. The van der Waals surface area contributed by atoms with Crippen molar-refractivity contribution < 1.29 is 4.79 Å². The lowest BCUT2D eigenvalue weighted by molar-refractivity contribution is 0.100. The van der Waals surface area contributed by atoms with Crippen molar-refractivity contribution in [3.63, 3.8) is 0 Å². The van der Waals surface area contributed by atoms with Crippen molar-refractivity contribution in [2.75, 3.05) is 20.6 Å². The van der Waals surface area contributed by atoms with Crippen LogP contribution in [0.5, 0.6) is 0 Å². The number of benzene rings is 2. The number of rotatable bonds is 8. The van der Waals surface area contributed by atoms with Gasteiger partial charge >= 0.3 is 0 Å². The van der Waals surface area contributed by atoms with E-state index in [9.17, 15) is 4.79 Å². The van der Waals surface area contributed by atoms with Crippen molar-refractivity contribution in [3.8, 4) is 5.69 Å². The third kappa shape index (κ3) is 4.63. The van der Waals surface area contributed by atoms with Gasteiger partial charge in [0.2, 0.25) is 0 Å². The Morgan fingerprint density at radius 3 is 2.58 bits per heavy atom. The van der Waals surface area contributed by atoms with Crippen molar-refractivity contribution in [3.05, 3.63) is 89.9 Å². The fourth-order valence-corrected chi connectivity index (χ4v) is 3.62. The van der Waals surface area contributed by atoms with Gasteiger partial charge in [0.25, 0.3) is 5.91 Å². The van der Waals surface area contributed by atoms with E-state index in [0.717, 1.165) is 29.9 Å². The lowest BCUT2D eigenvalue weighted by Crippen LogP contribution is -2.31. The molecule has 0 aliphatic rings. The van der Waals surface area contributed by atoms with Crippen molar-refractivity contribution in [1.29, 1.82) is 0 Å². The number of nitrogens with two attached hydrogens (primary N) is 1. The number of nitrogens with zero attached hydrogens (tertiary/aromatic N) is 4. The molecule has 2 aromatic carbocycles. The van der Waals surface area contributed by atoms with Crippen molar-refractivity contribution in [1.82, 2.24) is 25.0 Å². The number of pyridine rings is 1. The van der Waals surface area contributed by atoms with Crippen LogP contribution in [0.15, 0.2) is 73.1 Å². The van der Waals surface area contributed by atoms with E-state index in [0.29, 0.717) is 11.1 Å². The highest BCUT2D eigenvalue weighted by Crippen LogP contribution is 2.20. The molecular weight excluding hydrogens is 388 g/mol.